The summed E-state index contributed by atoms with van der Waals surface area (Å²) >= 11 is 3.36. The van der Waals surface area contributed by atoms with Crippen molar-refractivity contribution in [3.05, 3.63) is 75.9 Å². The van der Waals surface area contributed by atoms with Crippen LogP contribution in [0.1, 0.15) is 34.7 Å². The Balaban J connectivity index is 1.91. The second-order valence-corrected chi connectivity index (χ2v) is 6.50. The van der Waals surface area contributed by atoms with Crippen molar-refractivity contribution in [2.24, 2.45) is 0 Å². The second kappa shape index (κ2) is 7.01. The summed E-state index contributed by atoms with van der Waals surface area (Å²) in [6, 6.07) is 16.6. The van der Waals surface area contributed by atoms with Gasteiger partial charge in [0.05, 0.1) is 15.7 Å². The van der Waals surface area contributed by atoms with Crippen molar-refractivity contribution < 1.29 is 14.7 Å². The molecule has 0 aliphatic heterocycles. The van der Waals surface area contributed by atoms with Gasteiger partial charge in [-0.05, 0) is 46.0 Å². The number of carboxylic acids is 1. The maximum atomic E-state index is 12.3. The fourth-order valence-electron chi connectivity index (χ4n) is 2.90. The van der Waals surface area contributed by atoms with E-state index in [9.17, 15) is 14.7 Å². The summed E-state index contributed by atoms with van der Waals surface area (Å²) in [5.41, 5.74) is 2.49. The van der Waals surface area contributed by atoms with Crippen LogP contribution < -0.4 is 5.32 Å². The Kier molecular flexibility index (Phi) is 4.81. The van der Waals surface area contributed by atoms with Crippen molar-refractivity contribution in [3.8, 4) is 0 Å². The highest BCUT2D eigenvalue weighted by Crippen LogP contribution is 2.37. The third kappa shape index (κ3) is 3.41. The molecule has 0 spiro atoms. The van der Waals surface area contributed by atoms with Crippen molar-refractivity contribution >= 4 is 33.4 Å². The predicted octanol–water partition coefficient (Wildman–Crippen LogP) is 4.55. The summed E-state index contributed by atoms with van der Waals surface area (Å²) in [6.45, 7) is 0. The number of anilines is 1. The van der Waals surface area contributed by atoms with Crippen molar-refractivity contribution in [3.63, 3.8) is 0 Å². The van der Waals surface area contributed by atoms with E-state index in [2.05, 4.69) is 21.2 Å². The highest BCUT2D eigenvalue weighted by atomic mass is 79.9. The normalized spacial score (nSPS) is 17.7. The van der Waals surface area contributed by atoms with Crippen LogP contribution in [-0.2, 0) is 4.79 Å². The molecule has 0 bridgehead atoms. The van der Waals surface area contributed by atoms with Gasteiger partial charge in [0.15, 0.2) is 5.78 Å². The summed E-state index contributed by atoms with van der Waals surface area (Å²) < 4.78 is 0.495. The molecule has 2 aromatic carbocycles. The average Bonchev–Trinajstić information content (AvgIpc) is 2.60. The van der Waals surface area contributed by atoms with Crippen LogP contribution in [0.15, 0.2) is 64.8 Å². The lowest BCUT2D eigenvalue weighted by molar-refractivity contribution is -0.115. The molecule has 122 valence electrons. The van der Waals surface area contributed by atoms with Gasteiger partial charge in [-0.3, -0.25) is 4.79 Å². The number of Topliss-reactive ketones (excluding diaryl/α,β-unsaturated/α-hetero) is 1. The van der Waals surface area contributed by atoms with E-state index in [0.717, 1.165) is 5.56 Å². The molecule has 0 saturated carbocycles. The summed E-state index contributed by atoms with van der Waals surface area (Å²) in [6.07, 6.45) is 1.08. The number of hydrogen-bond donors (Lipinski definition) is 2. The first-order chi connectivity index (χ1) is 11.6. The highest BCUT2D eigenvalue weighted by molar-refractivity contribution is 9.12. The standard InChI is InChI=1S/C19H16BrNO3/c20-18-16(21-15-9-5-4-8-14(15)19(23)24)10-13(11-17(18)22)12-6-2-1-3-7-12/h1-9,13,21H,10-11H2,(H,23,24)/t13-/m0/s1. The lowest BCUT2D eigenvalue weighted by Crippen LogP contribution is -2.20. The van der Waals surface area contributed by atoms with Crippen molar-refractivity contribution in [1.29, 1.82) is 0 Å². The number of carbonyl (C=O) groups is 2. The molecular weight excluding hydrogens is 370 g/mol. The maximum Gasteiger partial charge on any atom is 0.337 e. The summed E-state index contributed by atoms with van der Waals surface area (Å²) in [5.74, 6) is -0.901. The zero-order chi connectivity index (χ0) is 17.1. The molecule has 1 atom stereocenters. The first-order valence-corrected chi connectivity index (χ1v) is 8.41. The number of carbonyl (C=O) groups excluding carboxylic acids is 1. The van der Waals surface area contributed by atoms with Crippen molar-refractivity contribution in [2.75, 3.05) is 5.32 Å². The number of nitrogens with one attached hydrogen (secondary N) is 1. The van der Waals surface area contributed by atoms with Gasteiger partial charge in [-0.1, -0.05) is 42.5 Å². The molecular formula is C19H16BrNO3. The number of para-hydroxylation sites is 1. The van der Waals surface area contributed by atoms with Crippen LogP contribution in [0.25, 0.3) is 0 Å². The molecule has 0 amide bonds. The number of rotatable bonds is 4. The van der Waals surface area contributed by atoms with Gasteiger partial charge in [0.1, 0.15) is 0 Å². The Morgan fingerprint density at radius 1 is 1.04 bits per heavy atom. The van der Waals surface area contributed by atoms with Gasteiger partial charge in [-0.25, -0.2) is 4.79 Å². The fraction of sp³-hybridized carbons (Fsp3) is 0.158. The van der Waals surface area contributed by atoms with E-state index in [4.69, 9.17) is 0 Å². The van der Waals surface area contributed by atoms with Crippen LogP contribution in [0.5, 0.6) is 0 Å². The highest BCUT2D eigenvalue weighted by Gasteiger charge is 2.28. The predicted molar refractivity (Wildman–Crippen MR) is 96.4 cm³/mol. The first kappa shape index (κ1) is 16.5. The van der Waals surface area contributed by atoms with Crippen LogP contribution in [0.2, 0.25) is 0 Å². The van der Waals surface area contributed by atoms with E-state index in [-0.39, 0.29) is 17.3 Å². The molecule has 5 heteroatoms. The molecule has 1 aliphatic rings. The summed E-state index contributed by atoms with van der Waals surface area (Å²) in [4.78, 5) is 23.7. The van der Waals surface area contributed by atoms with E-state index in [1.807, 2.05) is 30.3 Å². The van der Waals surface area contributed by atoms with Crippen LogP contribution in [0.3, 0.4) is 0 Å². The lowest BCUT2D eigenvalue weighted by atomic mass is 9.85. The third-order valence-electron chi connectivity index (χ3n) is 4.11. The minimum Gasteiger partial charge on any atom is -0.478 e. The molecule has 2 aromatic rings. The molecule has 0 fully saturated rings. The Bertz CT molecular complexity index is 814. The molecule has 0 aromatic heterocycles. The molecule has 4 nitrogen and oxygen atoms in total. The van der Waals surface area contributed by atoms with Gasteiger partial charge in [0.2, 0.25) is 0 Å². The van der Waals surface area contributed by atoms with E-state index in [0.29, 0.717) is 28.7 Å². The van der Waals surface area contributed by atoms with Gasteiger partial charge in [-0.2, -0.15) is 0 Å². The van der Waals surface area contributed by atoms with E-state index in [1.165, 1.54) is 0 Å². The van der Waals surface area contributed by atoms with Crippen molar-refractivity contribution in [2.45, 2.75) is 18.8 Å². The molecule has 2 N–H and O–H groups in total. The number of carboxylic acid groups (broad SMARTS) is 1. The van der Waals surface area contributed by atoms with Gasteiger partial charge in [0, 0.05) is 12.1 Å². The van der Waals surface area contributed by atoms with Crippen molar-refractivity contribution in [1.82, 2.24) is 0 Å². The molecule has 0 saturated heterocycles. The van der Waals surface area contributed by atoms with Gasteiger partial charge in [0.25, 0.3) is 0 Å². The zero-order valence-electron chi connectivity index (χ0n) is 12.8. The van der Waals surface area contributed by atoms with Crippen LogP contribution in [0.4, 0.5) is 5.69 Å². The van der Waals surface area contributed by atoms with Gasteiger partial charge in [-0.15, -0.1) is 0 Å². The largest absolute Gasteiger partial charge is 0.478 e. The minimum absolute atomic E-state index is 0.0189. The second-order valence-electron chi connectivity index (χ2n) is 5.71. The van der Waals surface area contributed by atoms with E-state index >= 15 is 0 Å². The summed E-state index contributed by atoms with van der Waals surface area (Å²) in [5, 5.41) is 12.5. The summed E-state index contributed by atoms with van der Waals surface area (Å²) in [7, 11) is 0. The Morgan fingerprint density at radius 2 is 1.71 bits per heavy atom. The Morgan fingerprint density at radius 3 is 2.42 bits per heavy atom. The maximum absolute atomic E-state index is 12.3. The molecule has 0 heterocycles. The molecule has 0 unspecified atom stereocenters. The molecule has 1 aliphatic carbocycles. The smallest absolute Gasteiger partial charge is 0.337 e. The molecule has 24 heavy (non-hydrogen) atoms. The van der Waals surface area contributed by atoms with Gasteiger partial charge < -0.3 is 10.4 Å². The van der Waals surface area contributed by atoms with Crippen LogP contribution in [0, 0.1) is 0 Å². The SMILES string of the molecule is O=C1C[C@@H](c2ccccc2)CC(Nc2ccccc2C(=O)O)=C1Br. The Hall–Kier alpha value is -2.40. The molecule has 0 radical (unpaired) electrons. The zero-order valence-corrected chi connectivity index (χ0v) is 14.4. The monoisotopic (exact) mass is 385 g/mol. The Labute approximate surface area is 148 Å². The topological polar surface area (TPSA) is 66.4 Å². The average molecular weight is 386 g/mol. The van der Waals surface area contributed by atoms with E-state index < -0.39 is 5.97 Å². The number of allylic oxidation sites excluding steroid dienone is 2. The van der Waals surface area contributed by atoms with Crippen LogP contribution in [-0.4, -0.2) is 16.9 Å². The fourth-order valence-corrected chi connectivity index (χ4v) is 3.32. The van der Waals surface area contributed by atoms with E-state index in [1.54, 1.807) is 24.3 Å². The third-order valence-corrected chi connectivity index (χ3v) is 5.03. The minimum atomic E-state index is -1.00. The lowest BCUT2D eigenvalue weighted by Gasteiger charge is -2.26. The van der Waals surface area contributed by atoms with Gasteiger partial charge >= 0.3 is 5.97 Å². The molecule has 3 rings (SSSR count). The van der Waals surface area contributed by atoms with Crippen LogP contribution >= 0.6 is 15.9 Å². The quantitative estimate of drug-likeness (QED) is 0.809. The number of benzene rings is 2. The first-order valence-electron chi connectivity index (χ1n) is 7.62. The number of hydrogen-bond acceptors (Lipinski definition) is 3. The number of ketones is 1. The number of aromatic carboxylic acids is 1. The number of halogens is 1.